The molecule has 11 heteroatoms. The van der Waals surface area contributed by atoms with E-state index in [1.165, 1.54) is 18.2 Å². The van der Waals surface area contributed by atoms with Gasteiger partial charge in [0, 0.05) is 51.0 Å². The Labute approximate surface area is 227 Å². The van der Waals surface area contributed by atoms with Gasteiger partial charge in [-0.05, 0) is 63.1 Å². The number of anilines is 1. The van der Waals surface area contributed by atoms with Gasteiger partial charge in [-0.15, -0.1) is 0 Å². The first-order valence-electron chi connectivity index (χ1n) is 12.6. The van der Waals surface area contributed by atoms with E-state index in [0.717, 1.165) is 10.5 Å². The van der Waals surface area contributed by atoms with Gasteiger partial charge >= 0.3 is 6.09 Å². The van der Waals surface area contributed by atoms with E-state index < -0.39 is 23.5 Å². The monoisotopic (exact) mass is 538 g/mol. The summed E-state index contributed by atoms with van der Waals surface area (Å²) in [7, 11) is 1.55. The molecule has 39 heavy (non-hydrogen) atoms. The lowest BCUT2D eigenvalue weighted by Gasteiger charge is -2.19. The van der Waals surface area contributed by atoms with Crippen LogP contribution in [0.5, 0.6) is 0 Å². The minimum absolute atomic E-state index is 0.0824. The molecule has 0 spiro atoms. The molecule has 0 unspecified atom stereocenters. The maximum atomic E-state index is 12.9. The molecule has 3 N–H and O–H groups in total. The zero-order valence-electron chi connectivity index (χ0n) is 22.6. The molecule has 0 saturated carbocycles. The highest BCUT2D eigenvalue weighted by molar-refractivity contribution is 6.22. The molecule has 1 heterocycles. The van der Waals surface area contributed by atoms with Crippen molar-refractivity contribution < 1.29 is 33.4 Å². The average Bonchev–Trinajstić information content (AvgIpc) is 3.11. The third-order valence-electron chi connectivity index (χ3n) is 5.66. The van der Waals surface area contributed by atoms with Crippen LogP contribution in [0, 0.1) is 0 Å². The number of nitrogens with zero attached hydrogens (tertiary/aromatic N) is 1. The molecule has 0 bridgehead atoms. The summed E-state index contributed by atoms with van der Waals surface area (Å²) in [6, 6.07) is 11.4. The number of nitrogens with one attached hydrogen (secondary N) is 3. The lowest BCUT2D eigenvalue weighted by molar-refractivity contribution is -0.121. The Hall–Kier alpha value is -4.25. The topological polar surface area (TPSA) is 143 Å². The van der Waals surface area contributed by atoms with Gasteiger partial charge in [-0.3, -0.25) is 24.1 Å². The molecule has 2 aromatic rings. The van der Waals surface area contributed by atoms with Gasteiger partial charge in [0.1, 0.15) is 5.60 Å². The van der Waals surface area contributed by atoms with E-state index in [0.29, 0.717) is 18.7 Å². The van der Waals surface area contributed by atoms with Crippen molar-refractivity contribution >= 4 is 35.4 Å². The van der Waals surface area contributed by atoms with E-state index in [-0.39, 0.29) is 54.6 Å². The van der Waals surface area contributed by atoms with Crippen LogP contribution in [-0.4, -0.2) is 67.0 Å². The Morgan fingerprint density at radius 3 is 2.41 bits per heavy atom. The third kappa shape index (κ3) is 8.37. The summed E-state index contributed by atoms with van der Waals surface area (Å²) in [5, 5.41) is 8.08. The van der Waals surface area contributed by atoms with Crippen molar-refractivity contribution in [2.24, 2.45) is 0 Å². The largest absolute Gasteiger partial charge is 0.444 e. The van der Waals surface area contributed by atoms with Gasteiger partial charge in [0.25, 0.3) is 17.7 Å². The molecular weight excluding hydrogens is 504 g/mol. The number of benzene rings is 2. The van der Waals surface area contributed by atoms with Crippen molar-refractivity contribution in [2.75, 3.05) is 32.1 Å². The Bertz CT molecular complexity index is 1250. The van der Waals surface area contributed by atoms with E-state index in [4.69, 9.17) is 9.47 Å². The number of carbonyl (C=O) groups excluding carboxylic acids is 5. The fraction of sp³-hybridized carbons (Fsp3) is 0.393. The minimum atomic E-state index is -0.616. The van der Waals surface area contributed by atoms with Gasteiger partial charge in [-0.25, -0.2) is 4.79 Å². The van der Waals surface area contributed by atoms with Crippen LogP contribution in [0.4, 0.5) is 10.5 Å². The number of hydrogen-bond donors (Lipinski definition) is 3. The van der Waals surface area contributed by atoms with E-state index in [1.807, 2.05) is 0 Å². The Kier molecular flexibility index (Phi) is 9.78. The summed E-state index contributed by atoms with van der Waals surface area (Å²) in [5.41, 5.74) is 1.35. The number of carbonyl (C=O) groups is 5. The maximum Gasteiger partial charge on any atom is 0.407 e. The van der Waals surface area contributed by atoms with E-state index >= 15 is 0 Å². The highest BCUT2D eigenvalue weighted by Crippen LogP contribution is 2.25. The SMILES string of the molecule is COCCCN1C(=O)c2ccc(C(=O)Nc3cccc(CNC(=O)CCNC(=O)OC(C)(C)C)c3)cc2C1=O. The molecule has 0 saturated heterocycles. The first kappa shape index (κ1) is 29.3. The number of alkyl carbamates (subject to hydrolysis) is 1. The van der Waals surface area contributed by atoms with Crippen LogP contribution >= 0.6 is 0 Å². The molecule has 0 aromatic heterocycles. The second-order valence-corrected chi connectivity index (χ2v) is 9.98. The molecule has 3 rings (SSSR count). The Morgan fingerprint density at radius 1 is 0.949 bits per heavy atom. The van der Waals surface area contributed by atoms with Crippen molar-refractivity contribution in [1.82, 2.24) is 15.5 Å². The molecule has 0 aliphatic carbocycles. The number of fused-ring (bicyclic) bond motifs is 1. The quantitative estimate of drug-likeness (QED) is 0.295. The zero-order chi connectivity index (χ0) is 28.6. The molecule has 1 aliphatic rings. The number of ether oxygens (including phenoxy) is 2. The van der Waals surface area contributed by atoms with Crippen molar-refractivity contribution in [3.8, 4) is 0 Å². The van der Waals surface area contributed by atoms with Gasteiger partial charge in [-0.1, -0.05) is 12.1 Å². The molecule has 0 radical (unpaired) electrons. The highest BCUT2D eigenvalue weighted by Gasteiger charge is 2.35. The van der Waals surface area contributed by atoms with Crippen molar-refractivity contribution in [3.05, 3.63) is 64.7 Å². The van der Waals surface area contributed by atoms with Crippen LogP contribution in [0.2, 0.25) is 0 Å². The lowest BCUT2D eigenvalue weighted by Crippen LogP contribution is -2.35. The minimum Gasteiger partial charge on any atom is -0.444 e. The van der Waals surface area contributed by atoms with Gasteiger partial charge in [-0.2, -0.15) is 0 Å². The maximum absolute atomic E-state index is 12.9. The van der Waals surface area contributed by atoms with Gasteiger partial charge < -0.3 is 25.4 Å². The van der Waals surface area contributed by atoms with Crippen molar-refractivity contribution in [3.63, 3.8) is 0 Å². The van der Waals surface area contributed by atoms with Gasteiger partial charge in [0.15, 0.2) is 0 Å². The fourth-order valence-corrected chi connectivity index (χ4v) is 3.85. The molecule has 11 nitrogen and oxygen atoms in total. The smallest absolute Gasteiger partial charge is 0.407 e. The number of methoxy groups -OCH3 is 1. The summed E-state index contributed by atoms with van der Waals surface area (Å²) >= 11 is 0. The van der Waals surface area contributed by atoms with Gasteiger partial charge in [0.2, 0.25) is 5.91 Å². The molecule has 208 valence electrons. The van der Waals surface area contributed by atoms with Crippen LogP contribution in [0.3, 0.4) is 0 Å². The van der Waals surface area contributed by atoms with Crippen LogP contribution in [0.15, 0.2) is 42.5 Å². The van der Waals surface area contributed by atoms with Crippen molar-refractivity contribution in [2.45, 2.75) is 45.8 Å². The number of hydrogen-bond acceptors (Lipinski definition) is 7. The predicted molar refractivity (Wildman–Crippen MR) is 143 cm³/mol. The van der Waals surface area contributed by atoms with E-state index in [2.05, 4.69) is 16.0 Å². The Morgan fingerprint density at radius 2 is 1.69 bits per heavy atom. The normalized spacial score (nSPS) is 12.7. The number of amides is 5. The fourth-order valence-electron chi connectivity index (χ4n) is 3.85. The molecular formula is C28H34N4O7. The van der Waals surface area contributed by atoms with Gasteiger partial charge in [0.05, 0.1) is 11.1 Å². The second kappa shape index (κ2) is 13.0. The third-order valence-corrected chi connectivity index (χ3v) is 5.66. The predicted octanol–water partition coefficient (Wildman–Crippen LogP) is 3.10. The van der Waals surface area contributed by atoms with Crippen molar-refractivity contribution in [1.29, 1.82) is 0 Å². The van der Waals surface area contributed by atoms with Crippen LogP contribution < -0.4 is 16.0 Å². The first-order valence-corrected chi connectivity index (χ1v) is 12.6. The van der Waals surface area contributed by atoms with Crippen LogP contribution in [-0.2, 0) is 20.8 Å². The molecule has 2 aromatic carbocycles. The van der Waals surface area contributed by atoms with E-state index in [9.17, 15) is 24.0 Å². The average molecular weight is 539 g/mol. The summed E-state index contributed by atoms with van der Waals surface area (Å²) in [6.45, 7) is 6.29. The zero-order valence-corrected chi connectivity index (χ0v) is 22.6. The lowest BCUT2D eigenvalue weighted by atomic mass is 10.1. The summed E-state index contributed by atoms with van der Waals surface area (Å²) in [6.07, 6.45) is 0.0196. The number of imide groups is 1. The summed E-state index contributed by atoms with van der Waals surface area (Å²) < 4.78 is 10.1. The second-order valence-electron chi connectivity index (χ2n) is 9.98. The first-order chi connectivity index (χ1) is 18.5. The summed E-state index contributed by atoms with van der Waals surface area (Å²) in [5.74, 6) is -1.51. The Balaban J connectivity index is 1.52. The summed E-state index contributed by atoms with van der Waals surface area (Å²) in [4.78, 5) is 63.1. The van der Waals surface area contributed by atoms with Crippen LogP contribution in [0.25, 0.3) is 0 Å². The standard InChI is InChI=1S/C28H34N4O7/c1-28(2,3)39-27(37)29-12-11-23(33)30-17-18-7-5-8-20(15-18)31-24(34)19-9-10-21-22(16-19)26(36)32(25(21)35)13-6-14-38-4/h5,7-10,15-16H,6,11-14,17H2,1-4H3,(H,29,37)(H,30,33)(H,31,34). The molecule has 0 atom stereocenters. The highest BCUT2D eigenvalue weighted by atomic mass is 16.6. The molecule has 5 amide bonds. The molecule has 1 aliphatic heterocycles. The van der Waals surface area contributed by atoms with E-state index in [1.54, 1.807) is 52.1 Å². The van der Waals surface area contributed by atoms with Crippen LogP contribution in [0.1, 0.15) is 70.3 Å². The molecule has 0 fully saturated rings. The number of rotatable bonds is 11.